The molecule has 3 aromatic rings. The molecule has 0 unspecified atom stereocenters. The summed E-state index contributed by atoms with van der Waals surface area (Å²) >= 11 is 6.30. The second-order valence-electron chi connectivity index (χ2n) is 5.81. The molecule has 0 radical (unpaired) electrons. The predicted molar refractivity (Wildman–Crippen MR) is 97.5 cm³/mol. The van der Waals surface area contributed by atoms with Crippen molar-refractivity contribution in [3.63, 3.8) is 0 Å². The van der Waals surface area contributed by atoms with E-state index < -0.39 is 18.3 Å². The SMILES string of the molecule is Cc1nn(-c2ccc(F)cc2)c(Cl)c1C(=O)NCc1ccccc1OC(F)F. The van der Waals surface area contributed by atoms with Crippen molar-refractivity contribution in [1.82, 2.24) is 15.1 Å². The highest BCUT2D eigenvalue weighted by molar-refractivity contribution is 6.33. The Balaban J connectivity index is 1.80. The van der Waals surface area contributed by atoms with Crippen molar-refractivity contribution in [2.24, 2.45) is 0 Å². The van der Waals surface area contributed by atoms with E-state index in [1.165, 1.54) is 35.0 Å². The molecule has 28 heavy (non-hydrogen) atoms. The summed E-state index contributed by atoms with van der Waals surface area (Å²) in [6.45, 7) is -1.41. The van der Waals surface area contributed by atoms with E-state index in [1.54, 1.807) is 25.1 Å². The molecule has 1 N–H and O–H groups in total. The highest BCUT2D eigenvalue weighted by Crippen LogP contribution is 2.24. The molecule has 1 heterocycles. The quantitative estimate of drug-likeness (QED) is 0.652. The third kappa shape index (κ3) is 4.28. The summed E-state index contributed by atoms with van der Waals surface area (Å²) in [5, 5.41) is 6.90. The summed E-state index contributed by atoms with van der Waals surface area (Å²) in [7, 11) is 0. The van der Waals surface area contributed by atoms with Crippen LogP contribution in [0.4, 0.5) is 13.2 Å². The number of halogens is 4. The lowest BCUT2D eigenvalue weighted by Gasteiger charge is -2.11. The Morgan fingerprint density at radius 1 is 1.21 bits per heavy atom. The number of alkyl halides is 2. The second-order valence-corrected chi connectivity index (χ2v) is 6.17. The van der Waals surface area contributed by atoms with E-state index in [9.17, 15) is 18.0 Å². The van der Waals surface area contributed by atoms with Crippen LogP contribution >= 0.6 is 11.6 Å². The first kappa shape index (κ1) is 19.8. The van der Waals surface area contributed by atoms with E-state index in [-0.39, 0.29) is 23.0 Å². The van der Waals surface area contributed by atoms with Gasteiger partial charge in [0.25, 0.3) is 5.91 Å². The Kier molecular flexibility index (Phi) is 5.89. The average molecular weight is 410 g/mol. The van der Waals surface area contributed by atoms with Crippen LogP contribution in [0.25, 0.3) is 5.69 Å². The van der Waals surface area contributed by atoms with Crippen LogP contribution in [-0.4, -0.2) is 22.3 Å². The molecule has 0 bridgehead atoms. The number of aryl methyl sites for hydroxylation is 1. The maximum Gasteiger partial charge on any atom is 0.387 e. The van der Waals surface area contributed by atoms with Gasteiger partial charge >= 0.3 is 6.61 Å². The van der Waals surface area contributed by atoms with Crippen LogP contribution in [0.5, 0.6) is 5.75 Å². The Morgan fingerprint density at radius 3 is 2.57 bits per heavy atom. The molecule has 2 aromatic carbocycles. The van der Waals surface area contributed by atoms with Crippen molar-refractivity contribution in [3.8, 4) is 11.4 Å². The zero-order valence-electron chi connectivity index (χ0n) is 14.6. The van der Waals surface area contributed by atoms with Gasteiger partial charge in [0.05, 0.1) is 16.9 Å². The van der Waals surface area contributed by atoms with Crippen LogP contribution in [0, 0.1) is 12.7 Å². The molecular weight excluding hydrogens is 395 g/mol. The summed E-state index contributed by atoms with van der Waals surface area (Å²) in [6.07, 6.45) is 0. The van der Waals surface area contributed by atoms with Crippen LogP contribution in [0.2, 0.25) is 5.15 Å². The van der Waals surface area contributed by atoms with E-state index in [1.807, 2.05) is 0 Å². The van der Waals surface area contributed by atoms with Gasteiger partial charge in [-0.25, -0.2) is 9.07 Å². The standard InChI is InChI=1S/C19H15ClF3N3O2/c1-11-16(17(20)26(25-11)14-8-6-13(21)7-9-14)18(27)24-10-12-4-2-3-5-15(12)28-19(22)23/h2-9,19H,10H2,1H3,(H,24,27). The van der Waals surface area contributed by atoms with Crippen molar-refractivity contribution < 1.29 is 22.7 Å². The summed E-state index contributed by atoms with van der Waals surface area (Å²) in [5.74, 6) is -0.961. The number of benzene rings is 2. The molecule has 5 nitrogen and oxygen atoms in total. The van der Waals surface area contributed by atoms with Crippen LogP contribution in [0.3, 0.4) is 0 Å². The third-order valence-corrected chi connectivity index (χ3v) is 4.28. The van der Waals surface area contributed by atoms with E-state index in [2.05, 4.69) is 15.2 Å². The first-order chi connectivity index (χ1) is 13.4. The van der Waals surface area contributed by atoms with Gasteiger partial charge in [-0.05, 0) is 37.3 Å². The topological polar surface area (TPSA) is 56.2 Å². The minimum absolute atomic E-state index is 0.0253. The smallest absolute Gasteiger partial charge is 0.387 e. The Hall–Kier alpha value is -3.00. The molecule has 0 fully saturated rings. The maximum absolute atomic E-state index is 13.1. The van der Waals surface area contributed by atoms with Crippen molar-refractivity contribution in [1.29, 1.82) is 0 Å². The van der Waals surface area contributed by atoms with Gasteiger partial charge in [0.1, 0.15) is 16.7 Å². The van der Waals surface area contributed by atoms with Gasteiger partial charge in [-0.1, -0.05) is 29.8 Å². The number of carbonyl (C=O) groups is 1. The lowest BCUT2D eigenvalue weighted by atomic mass is 10.2. The predicted octanol–water partition coefficient (Wildman–Crippen LogP) is 4.50. The van der Waals surface area contributed by atoms with Gasteiger partial charge in [0, 0.05) is 12.1 Å². The number of hydrogen-bond donors (Lipinski definition) is 1. The van der Waals surface area contributed by atoms with E-state index in [0.29, 0.717) is 16.9 Å². The van der Waals surface area contributed by atoms with Crippen molar-refractivity contribution >= 4 is 17.5 Å². The number of nitrogens with zero attached hydrogens (tertiary/aromatic N) is 2. The highest BCUT2D eigenvalue weighted by Gasteiger charge is 2.21. The van der Waals surface area contributed by atoms with Crippen LogP contribution < -0.4 is 10.1 Å². The zero-order valence-corrected chi connectivity index (χ0v) is 15.4. The fraction of sp³-hybridized carbons (Fsp3) is 0.158. The molecule has 146 valence electrons. The van der Waals surface area contributed by atoms with Crippen molar-refractivity contribution in [3.05, 3.63) is 76.3 Å². The average Bonchev–Trinajstić information content (AvgIpc) is 2.95. The number of ether oxygens (including phenoxy) is 1. The van der Waals surface area contributed by atoms with Crippen LogP contribution in [0.15, 0.2) is 48.5 Å². The van der Waals surface area contributed by atoms with E-state index >= 15 is 0 Å². The fourth-order valence-corrected chi connectivity index (χ4v) is 2.99. The first-order valence-electron chi connectivity index (χ1n) is 8.18. The molecule has 3 rings (SSSR count). The number of para-hydroxylation sites is 1. The van der Waals surface area contributed by atoms with Gasteiger partial charge in [-0.15, -0.1) is 0 Å². The highest BCUT2D eigenvalue weighted by atomic mass is 35.5. The summed E-state index contributed by atoms with van der Waals surface area (Å²) < 4.78 is 43.9. The second kappa shape index (κ2) is 8.35. The van der Waals surface area contributed by atoms with Gasteiger partial charge in [-0.2, -0.15) is 13.9 Å². The third-order valence-electron chi connectivity index (χ3n) is 3.93. The number of rotatable bonds is 6. The van der Waals surface area contributed by atoms with E-state index in [0.717, 1.165) is 0 Å². The van der Waals surface area contributed by atoms with E-state index in [4.69, 9.17) is 11.6 Å². The largest absolute Gasteiger partial charge is 0.434 e. The molecule has 1 aromatic heterocycles. The zero-order chi connectivity index (χ0) is 20.3. The van der Waals surface area contributed by atoms with Gasteiger partial charge in [0.15, 0.2) is 0 Å². The molecule has 0 atom stereocenters. The maximum atomic E-state index is 13.1. The molecular formula is C19H15ClF3N3O2. The Labute approximate surface area is 163 Å². The van der Waals surface area contributed by atoms with Crippen molar-refractivity contribution in [2.75, 3.05) is 0 Å². The number of carbonyl (C=O) groups excluding carboxylic acids is 1. The molecule has 0 aliphatic carbocycles. The molecule has 0 spiro atoms. The van der Waals surface area contributed by atoms with Crippen LogP contribution in [-0.2, 0) is 6.54 Å². The Morgan fingerprint density at radius 2 is 1.89 bits per heavy atom. The fourth-order valence-electron chi connectivity index (χ4n) is 2.64. The molecule has 1 amide bonds. The van der Waals surface area contributed by atoms with Gasteiger partial charge < -0.3 is 10.1 Å². The lowest BCUT2D eigenvalue weighted by Crippen LogP contribution is -2.24. The Bertz CT molecular complexity index is 991. The molecule has 0 aliphatic rings. The minimum Gasteiger partial charge on any atom is -0.434 e. The molecule has 9 heteroatoms. The van der Waals surface area contributed by atoms with Gasteiger partial charge in [0.2, 0.25) is 0 Å². The monoisotopic (exact) mass is 409 g/mol. The molecule has 0 aliphatic heterocycles. The summed E-state index contributed by atoms with van der Waals surface area (Å²) in [5.41, 5.74) is 1.38. The van der Waals surface area contributed by atoms with Gasteiger partial charge in [-0.3, -0.25) is 4.79 Å². The minimum atomic E-state index is -2.97. The van der Waals surface area contributed by atoms with Crippen molar-refractivity contribution in [2.45, 2.75) is 20.1 Å². The summed E-state index contributed by atoms with van der Waals surface area (Å²) in [6, 6.07) is 11.6. The molecule has 0 saturated carbocycles. The number of aromatic nitrogens is 2. The number of hydrogen-bond acceptors (Lipinski definition) is 3. The summed E-state index contributed by atoms with van der Waals surface area (Å²) in [4.78, 5) is 12.6. The normalized spacial score (nSPS) is 10.9. The number of amides is 1. The van der Waals surface area contributed by atoms with Crippen LogP contribution in [0.1, 0.15) is 21.6 Å². The molecule has 0 saturated heterocycles. The first-order valence-corrected chi connectivity index (χ1v) is 8.56. The number of nitrogens with one attached hydrogen (secondary N) is 1. The lowest BCUT2D eigenvalue weighted by molar-refractivity contribution is -0.0504.